The van der Waals surface area contributed by atoms with Gasteiger partial charge < -0.3 is 20.1 Å². The summed E-state index contributed by atoms with van der Waals surface area (Å²) in [4.78, 5) is 22.1. The van der Waals surface area contributed by atoms with Gasteiger partial charge in [0.25, 0.3) is 5.56 Å². The monoisotopic (exact) mass is 299 g/mol. The zero-order chi connectivity index (χ0) is 14.3. The molecule has 1 fully saturated rings. The molecule has 1 saturated heterocycles. The molecule has 0 radical (unpaired) electrons. The quantitative estimate of drug-likeness (QED) is 0.630. The number of fused-ring (bicyclic) bond motifs is 1. The Bertz CT molecular complexity index is 686. The lowest BCUT2D eigenvalue weighted by Crippen LogP contribution is -2.24. The first-order valence-electron chi connectivity index (χ1n) is 5.97. The molecule has 20 heavy (non-hydrogen) atoms. The van der Waals surface area contributed by atoms with Gasteiger partial charge in [0.2, 0.25) is 5.95 Å². The molecule has 0 spiro atoms. The average molecular weight is 299 g/mol. The summed E-state index contributed by atoms with van der Waals surface area (Å²) in [6.07, 6.45) is 0.257. The highest BCUT2D eigenvalue weighted by Crippen LogP contribution is 2.30. The molecular formula is C10H14N5O4P. The first kappa shape index (κ1) is 13.4. The minimum Gasteiger partial charge on any atom is -0.390 e. The molecule has 0 bridgehead atoms. The van der Waals surface area contributed by atoms with Gasteiger partial charge in [0, 0.05) is 15.9 Å². The lowest BCUT2D eigenvalue weighted by Gasteiger charge is -2.14. The smallest absolute Gasteiger partial charge is 0.280 e. The number of nitrogens with zero attached hydrogens (tertiary/aromatic N) is 3. The molecule has 1 aliphatic heterocycles. The maximum Gasteiger partial charge on any atom is 0.280 e. The van der Waals surface area contributed by atoms with Crippen LogP contribution in [-0.2, 0) is 9.26 Å². The summed E-state index contributed by atoms with van der Waals surface area (Å²) in [7, 11) is 2.11. The van der Waals surface area contributed by atoms with E-state index in [4.69, 9.17) is 15.0 Å². The van der Waals surface area contributed by atoms with Gasteiger partial charge in [-0.2, -0.15) is 4.98 Å². The van der Waals surface area contributed by atoms with Crippen LogP contribution < -0.4 is 11.3 Å². The van der Waals surface area contributed by atoms with Gasteiger partial charge in [0.15, 0.2) is 11.2 Å². The molecule has 2 aromatic rings. The number of aromatic nitrogens is 4. The van der Waals surface area contributed by atoms with Crippen LogP contribution in [0, 0.1) is 0 Å². The van der Waals surface area contributed by atoms with Gasteiger partial charge in [0.1, 0.15) is 12.3 Å². The molecule has 10 heteroatoms. The fourth-order valence-electron chi connectivity index (χ4n) is 2.28. The number of ether oxygens (including phenoxy) is 1. The number of anilines is 1. The number of aromatic amines is 1. The molecule has 108 valence electrons. The highest BCUT2D eigenvalue weighted by molar-refractivity contribution is 7.09. The molecule has 0 saturated carbocycles. The number of aliphatic hydroxyl groups is 1. The van der Waals surface area contributed by atoms with E-state index in [9.17, 15) is 9.90 Å². The van der Waals surface area contributed by atoms with Gasteiger partial charge in [-0.25, -0.2) is 4.98 Å². The zero-order valence-electron chi connectivity index (χ0n) is 10.4. The van der Waals surface area contributed by atoms with Gasteiger partial charge in [-0.15, -0.1) is 0 Å². The van der Waals surface area contributed by atoms with Crippen LogP contribution >= 0.6 is 9.47 Å². The number of nitrogens with two attached hydrogens (primary N) is 1. The maximum absolute atomic E-state index is 11.7. The predicted octanol–water partition coefficient (Wildman–Crippen LogP) is -0.843. The van der Waals surface area contributed by atoms with Crippen molar-refractivity contribution in [2.75, 3.05) is 12.3 Å². The normalized spacial score (nSPS) is 26.4. The fraction of sp³-hybridized carbons (Fsp3) is 0.500. The summed E-state index contributed by atoms with van der Waals surface area (Å²) >= 11 is 0. The zero-order valence-corrected chi connectivity index (χ0v) is 11.5. The molecule has 3 heterocycles. The minimum absolute atomic E-state index is 0.00707. The van der Waals surface area contributed by atoms with E-state index in [1.807, 2.05) is 0 Å². The Morgan fingerprint density at radius 2 is 2.50 bits per heavy atom. The van der Waals surface area contributed by atoms with Crippen LogP contribution in [0.5, 0.6) is 0 Å². The fourth-order valence-corrected chi connectivity index (χ4v) is 2.47. The third-order valence-corrected chi connectivity index (χ3v) is 3.42. The molecular weight excluding hydrogens is 285 g/mol. The van der Waals surface area contributed by atoms with E-state index in [0.717, 1.165) is 0 Å². The van der Waals surface area contributed by atoms with Crippen molar-refractivity contribution >= 4 is 26.6 Å². The summed E-state index contributed by atoms with van der Waals surface area (Å²) in [5.74, 6) is 0.00707. The van der Waals surface area contributed by atoms with Crippen molar-refractivity contribution < 1.29 is 14.4 Å². The van der Waals surface area contributed by atoms with Crippen LogP contribution in [0.25, 0.3) is 11.2 Å². The Labute approximate surface area is 115 Å². The van der Waals surface area contributed by atoms with Gasteiger partial charge in [-0.1, -0.05) is 0 Å². The average Bonchev–Trinajstić information content (AvgIpc) is 2.94. The van der Waals surface area contributed by atoms with E-state index < -0.39 is 24.0 Å². The molecule has 4 atom stereocenters. The van der Waals surface area contributed by atoms with Crippen molar-refractivity contribution in [1.82, 2.24) is 19.5 Å². The molecule has 0 amide bonds. The molecule has 2 aromatic heterocycles. The number of hydrogen-bond donors (Lipinski definition) is 3. The van der Waals surface area contributed by atoms with Crippen molar-refractivity contribution in [3.63, 3.8) is 0 Å². The Morgan fingerprint density at radius 1 is 1.70 bits per heavy atom. The minimum atomic E-state index is -0.655. The Balaban J connectivity index is 1.98. The van der Waals surface area contributed by atoms with E-state index in [0.29, 0.717) is 12.1 Å². The van der Waals surface area contributed by atoms with Crippen molar-refractivity contribution in [3.8, 4) is 0 Å². The van der Waals surface area contributed by atoms with Gasteiger partial charge >= 0.3 is 0 Å². The number of H-pyrrole nitrogens is 1. The molecule has 3 rings (SSSR count). The van der Waals surface area contributed by atoms with Gasteiger partial charge in [0.05, 0.1) is 19.0 Å². The molecule has 4 N–H and O–H groups in total. The van der Waals surface area contributed by atoms with Crippen LogP contribution in [0.4, 0.5) is 5.95 Å². The largest absolute Gasteiger partial charge is 0.390 e. The molecule has 0 aliphatic carbocycles. The Morgan fingerprint density at radius 3 is 3.25 bits per heavy atom. The molecule has 1 aliphatic rings. The van der Waals surface area contributed by atoms with Crippen LogP contribution in [0.3, 0.4) is 0 Å². The van der Waals surface area contributed by atoms with Crippen LogP contribution in [0.1, 0.15) is 12.6 Å². The third-order valence-electron chi connectivity index (χ3n) is 3.23. The van der Waals surface area contributed by atoms with E-state index in [1.165, 1.54) is 6.33 Å². The lowest BCUT2D eigenvalue weighted by atomic mass is 10.2. The van der Waals surface area contributed by atoms with E-state index in [-0.39, 0.29) is 18.1 Å². The van der Waals surface area contributed by atoms with Crippen molar-refractivity contribution in [2.24, 2.45) is 0 Å². The standard InChI is InChI=1S/C10H14N5O4P/c11-10-13-8-7(9(17)14-10)12-3-15(8)6-1-4(16)5(19-6)2-18-20/h3-6,16H,1-2,20H2,(H3,11,13,14,17)/t4?,5-,6-/m1/s1. The SMILES string of the molecule is Nc1nc2c(ncn2[C@H]2CC(O)[C@@H](COP)O2)c(=O)[nH]1. The van der Waals surface area contributed by atoms with Gasteiger partial charge in [-0.3, -0.25) is 14.3 Å². The Kier molecular flexibility index (Phi) is 3.43. The van der Waals surface area contributed by atoms with Crippen molar-refractivity contribution in [2.45, 2.75) is 24.9 Å². The maximum atomic E-state index is 11.7. The highest BCUT2D eigenvalue weighted by atomic mass is 31.0. The summed E-state index contributed by atoms with van der Waals surface area (Å²) in [6, 6.07) is 0. The van der Waals surface area contributed by atoms with Crippen molar-refractivity contribution in [3.05, 3.63) is 16.7 Å². The lowest BCUT2D eigenvalue weighted by molar-refractivity contribution is -0.0353. The van der Waals surface area contributed by atoms with Gasteiger partial charge in [-0.05, 0) is 0 Å². The van der Waals surface area contributed by atoms with Crippen LogP contribution in [0.15, 0.2) is 11.1 Å². The second-order valence-corrected chi connectivity index (χ2v) is 4.87. The van der Waals surface area contributed by atoms with E-state index >= 15 is 0 Å². The van der Waals surface area contributed by atoms with Crippen molar-refractivity contribution in [1.29, 1.82) is 0 Å². The first-order valence-corrected chi connectivity index (χ1v) is 6.45. The summed E-state index contributed by atoms with van der Waals surface area (Å²) < 4.78 is 12.2. The van der Waals surface area contributed by atoms with E-state index in [1.54, 1.807) is 4.57 Å². The second kappa shape index (κ2) is 5.10. The second-order valence-electron chi connectivity index (χ2n) is 4.54. The molecule has 2 unspecified atom stereocenters. The number of imidazole rings is 1. The number of rotatable bonds is 3. The Hall–Kier alpha value is -1.54. The number of hydrogen-bond acceptors (Lipinski definition) is 7. The predicted molar refractivity (Wildman–Crippen MR) is 72.8 cm³/mol. The highest BCUT2D eigenvalue weighted by Gasteiger charge is 2.35. The van der Waals surface area contributed by atoms with E-state index in [2.05, 4.69) is 24.4 Å². The third kappa shape index (κ3) is 2.18. The number of nitrogens with one attached hydrogen (secondary N) is 1. The molecule has 9 nitrogen and oxygen atoms in total. The summed E-state index contributed by atoms with van der Waals surface area (Å²) in [5, 5.41) is 9.91. The van der Waals surface area contributed by atoms with Crippen LogP contribution in [-0.4, -0.2) is 43.4 Å². The topological polar surface area (TPSA) is 128 Å². The number of nitrogen functional groups attached to an aromatic ring is 1. The summed E-state index contributed by atoms with van der Waals surface area (Å²) in [5.41, 5.74) is 5.64. The first-order chi connectivity index (χ1) is 9.60. The number of aliphatic hydroxyl groups excluding tert-OH is 1. The van der Waals surface area contributed by atoms with Crippen LogP contribution in [0.2, 0.25) is 0 Å². The summed E-state index contributed by atoms with van der Waals surface area (Å²) in [6.45, 7) is 0.255. The molecule has 0 aromatic carbocycles.